The number of aromatic nitrogens is 2. The van der Waals surface area contributed by atoms with Crippen molar-refractivity contribution in [1.29, 1.82) is 0 Å². The first kappa shape index (κ1) is 27.6. The molecule has 3 aromatic carbocycles. The fraction of sp³-hybridized carbons (Fsp3) is 0.194. The molecule has 0 saturated carbocycles. The summed E-state index contributed by atoms with van der Waals surface area (Å²) in [7, 11) is -3.75. The molecule has 1 amide bonds. The van der Waals surface area contributed by atoms with Gasteiger partial charge in [0.25, 0.3) is 5.91 Å². The first-order valence-electron chi connectivity index (χ1n) is 13.0. The Hall–Kier alpha value is -3.92. The summed E-state index contributed by atoms with van der Waals surface area (Å²) < 4.78 is 29.3. The van der Waals surface area contributed by atoms with Crippen LogP contribution in [0.25, 0.3) is 10.2 Å². The molecule has 2 heterocycles. The number of carbonyl (C=O) groups excluding carboxylic acids is 1. The number of sulfonamides is 1. The van der Waals surface area contributed by atoms with Gasteiger partial charge in [0, 0.05) is 24.8 Å². The van der Waals surface area contributed by atoms with E-state index in [1.165, 1.54) is 27.8 Å². The maximum Gasteiger partial charge on any atom is 0.260 e. The Balaban J connectivity index is 1.46. The number of hydrogen-bond donors (Lipinski definition) is 0. The van der Waals surface area contributed by atoms with E-state index >= 15 is 0 Å². The van der Waals surface area contributed by atoms with E-state index in [1.807, 2.05) is 75.4 Å². The predicted octanol–water partition coefficient (Wildman–Crippen LogP) is 6.37. The first-order chi connectivity index (χ1) is 19.3. The summed E-state index contributed by atoms with van der Waals surface area (Å²) in [5, 5.41) is 0.566. The Kier molecular flexibility index (Phi) is 8.07. The van der Waals surface area contributed by atoms with E-state index in [1.54, 1.807) is 23.2 Å². The van der Waals surface area contributed by atoms with Crippen LogP contribution in [0.3, 0.4) is 0 Å². The average Bonchev–Trinajstić information content (AvgIpc) is 3.42. The monoisotopic (exact) mass is 570 g/mol. The lowest BCUT2D eigenvalue weighted by Gasteiger charge is -2.22. The van der Waals surface area contributed by atoms with Gasteiger partial charge in [0.05, 0.1) is 27.4 Å². The molecular weight excluding hydrogens is 541 g/mol. The van der Waals surface area contributed by atoms with Crippen molar-refractivity contribution in [3.05, 3.63) is 119 Å². The standard InChI is InChI=1S/C31H30N4O3S2/c1-4-34(20-24-10-6-5-7-11-24)40(37,38)27-16-14-25(15-17-27)30(36)35(21-26-12-8-9-19-32-26)31-33-29-23(3)22(2)13-18-28(29)39-31/h5-19H,4,20-21H2,1-3H3. The smallest absolute Gasteiger partial charge is 0.260 e. The number of rotatable bonds is 9. The van der Waals surface area contributed by atoms with Gasteiger partial charge in [0.15, 0.2) is 5.13 Å². The average molecular weight is 571 g/mol. The molecule has 5 rings (SSSR count). The minimum absolute atomic E-state index is 0.143. The third kappa shape index (κ3) is 5.67. The van der Waals surface area contributed by atoms with Gasteiger partial charge < -0.3 is 0 Å². The second-order valence-electron chi connectivity index (χ2n) is 9.50. The van der Waals surface area contributed by atoms with Gasteiger partial charge in [-0.3, -0.25) is 14.7 Å². The molecule has 0 aliphatic rings. The van der Waals surface area contributed by atoms with Crippen LogP contribution in [-0.2, 0) is 23.1 Å². The number of carbonyl (C=O) groups is 1. The summed E-state index contributed by atoms with van der Waals surface area (Å²) in [6.45, 7) is 6.72. The molecule has 0 aliphatic carbocycles. The molecule has 204 valence electrons. The SMILES string of the molecule is CCN(Cc1ccccc1)S(=O)(=O)c1ccc(C(=O)N(Cc2ccccn2)c2nc3c(C)c(C)ccc3s2)cc1. The number of fused-ring (bicyclic) bond motifs is 1. The minimum atomic E-state index is -3.75. The molecule has 7 nitrogen and oxygen atoms in total. The van der Waals surface area contributed by atoms with Crippen molar-refractivity contribution in [2.75, 3.05) is 11.4 Å². The van der Waals surface area contributed by atoms with Crippen LogP contribution >= 0.6 is 11.3 Å². The van der Waals surface area contributed by atoms with Gasteiger partial charge in [-0.05, 0) is 73.0 Å². The van der Waals surface area contributed by atoms with Gasteiger partial charge in [0.2, 0.25) is 10.0 Å². The number of pyridine rings is 1. The quantitative estimate of drug-likeness (QED) is 0.206. The van der Waals surface area contributed by atoms with Crippen LogP contribution in [0.4, 0.5) is 5.13 Å². The molecule has 0 fully saturated rings. The number of anilines is 1. The van der Waals surface area contributed by atoms with Crippen molar-refractivity contribution < 1.29 is 13.2 Å². The highest BCUT2D eigenvalue weighted by atomic mass is 32.2. The lowest BCUT2D eigenvalue weighted by Crippen LogP contribution is -2.31. The summed E-state index contributed by atoms with van der Waals surface area (Å²) >= 11 is 1.45. The Morgan fingerprint density at radius 2 is 1.60 bits per heavy atom. The highest BCUT2D eigenvalue weighted by Gasteiger charge is 2.26. The van der Waals surface area contributed by atoms with E-state index in [2.05, 4.69) is 11.1 Å². The third-order valence-corrected chi connectivity index (χ3v) is 9.87. The van der Waals surface area contributed by atoms with Crippen LogP contribution in [0.15, 0.2) is 96.0 Å². The van der Waals surface area contributed by atoms with Crippen molar-refractivity contribution in [2.24, 2.45) is 0 Å². The van der Waals surface area contributed by atoms with Crippen molar-refractivity contribution in [3.63, 3.8) is 0 Å². The Labute approximate surface area is 238 Å². The Bertz CT molecular complexity index is 1740. The Morgan fingerprint density at radius 1 is 0.875 bits per heavy atom. The van der Waals surface area contributed by atoms with Crippen LogP contribution in [0, 0.1) is 13.8 Å². The maximum atomic E-state index is 13.9. The number of thiazole rings is 1. The molecule has 40 heavy (non-hydrogen) atoms. The number of aryl methyl sites for hydroxylation is 2. The summed E-state index contributed by atoms with van der Waals surface area (Å²) in [5.74, 6) is -0.278. The fourth-order valence-corrected chi connectivity index (χ4v) is 6.90. The summed E-state index contributed by atoms with van der Waals surface area (Å²) in [6, 6.07) is 25.3. The van der Waals surface area contributed by atoms with E-state index in [9.17, 15) is 13.2 Å². The van der Waals surface area contributed by atoms with E-state index in [0.29, 0.717) is 17.2 Å². The molecule has 5 aromatic rings. The predicted molar refractivity (Wildman–Crippen MR) is 160 cm³/mol. The topological polar surface area (TPSA) is 83.5 Å². The number of amides is 1. The highest BCUT2D eigenvalue weighted by Crippen LogP contribution is 2.33. The molecule has 2 aromatic heterocycles. The molecule has 0 radical (unpaired) electrons. The molecule has 0 N–H and O–H groups in total. The molecular formula is C31H30N4O3S2. The van der Waals surface area contributed by atoms with Crippen molar-refractivity contribution in [1.82, 2.24) is 14.3 Å². The van der Waals surface area contributed by atoms with Gasteiger partial charge in [-0.25, -0.2) is 13.4 Å². The van der Waals surface area contributed by atoms with E-state index in [0.717, 1.165) is 32.6 Å². The van der Waals surface area contributed by atoms with Gasteiger partial charge in [-0.15, -0.1) is 0 Å². The zero-order chi connectivity index (χ0) is 28.3. The fourth-order valence-electron chi connectivity index (χ4n) is 4.44. The second-order valence-corrected chi connectivity index (χ2v) is 12.5. The zero-order valence-electron chi connectivity index (χ0n) is 22.6. The zero-order valence-corrected chi connectivity index (χ0v) is 24.2. The van der Waals surface area contributed by atoms with Gasteiger partial charge in [-0.1, -0.05) is 60.7 Å². The number of benzene rings is 3. The van der Waals surface area contributed by atoms with Crippen LogP contribution in [-0.4, -0.2) is 35.1 Å². The normalized spacial score (nSPS) is 11.7. The summed E-state index contributed by atoms with van der Waals surface area (Å²) in [6.07, 6.45) is 1.69. The summed E-state index contributed by atoms with van der Waals surface area (Å²) in [4.78, 5) is 24.9. The largest absolute Gasteiger partial charge is 0.278 e. The van der Waals surface area contributed by atoms with Crippen molar-refractivity contribution in [2.45, 2.75) is 38.8 Å². The van der Waals surface area contributed by atoms with Crippen LogP contribution in [0.1, 0.15) is 39.7 Å². The van der Waals surface area contributed by atoms with Crippen LogP contribution < -0.4 is 4.90 Å². The van der Waals surface area contributed by atoms with E-state index in [4.69, 9.17) is 4.98 Å². The first-order valence-corrected chi connectivity index (χ1v) is 15.3. The van der Waals surface area contributed by atoms with Crippen molar-refractivity contribution in [3.8, 4) is 0 Å². The van der Waals surface area contributed by atoms with Crippen molar-refractivity contribution >= 4 is 42.6 Å². The molecule has 0 unspecified atom stereocenters. The number of nitrogens with zero attached hydrogens (tertiary/aromatic N) is 4. The second kappa shape index (κ2) is 11.7. The molecule has 0 aliphatic heterocycles. The lowest BCUT2D eigenvalue weighted by atomic mass is 10.1. The molecule has 0 saturated heterocycles. The summed E-state index contributed by atoms with van der Waals surface area (Å²) in [5.41, 5.74) is 5.09. The van der Waals surface area contributed by atoms with Crippen LogP contribution in [0.5, 0.6) is 0 Å². The molecule has 0 spiro atoms. The third-order valence-electron chi connectivity index (χ3n) is 6.89. The van der Waals surface area contributed by atoms with E-state index < -0.39 is 10.0 Å². The minimum Gasteiger partial charge on any atom is -0.278 e. The molecule has 0 atom stereocenters. The van der Waals surface area contributed by atoms with Crippen LogP contribution in [0.2, 0.25) is 0 Å². The van der Waals surface area contributed by atoms with E-state index in [-0.39, 0.29) is 23.9 Å². The van der Waals surface area contributed by atoms with Gasteiger partial charge in [0.1, 0.15) is 0 Å². The Morgan fingerprint density at radius 3 is 2.27 bits per heavy atom. The molecule has 0 bridgehead atoms. The highest BCUT2D eigenvalue weighted by molar-refractivity contribution is 7.89. The lowest BCUT2D eigenvalue weighted by molar-refractivity contribution is 0.0984. The van der Waals surface area contributed by atoms with Gasteiger partial charge in [-0.2, -0.15) is 4.31 Å². The maximum absolute atomic E-state index is 13.9. The molecule has 9 heteroatoms. The van der Waals surface area contributed by atoms with Gasteiger partial charge >= 0.3 is 0 Å². The number of hydrogen-bond acceptors (Lipinski definition) is 6.